The molecule has 0 unspecified atom stereocenters. The molecule has 4 heterocycles. The van der Waals surface area contributed by atoms with Crippen molar-refractivity contribution in [2.45, 2.75) is 0 Å². The Bertz CT molecular complexity index is 5100. The second-order valence-corrected chi connectivity index (χ2v) is 15.1. The molecule has 4 aromatic heterocycles. The van der Waals surface area contributed by atoms with Gasteiger partial charge in [0, 0.05) is 77.2 Å². The lowest BCUT2D eigenvalue weighted by Gasteiger charge is -2.12. The minimum Gasteiger partial charge on any atom is -0.208 e. The fraction of sp³-hybridized carbons (Fsp3) is 0. The number of rotatable bonds is 5. The van der Waals surface area contributed by atoms with E-state index in [1.165, 1.54) is 0 Å². The average Bonchev–Trinajstić information content (AvgIpc) is 1.53. The SMILES string of the molecule is [2H]c1c([2H])c([2H])c(-c2nc(-c3c([2H])c([2H])c([2H])c([2H])c3[2H])nc(-c3c([2H])c([2H])c([2H])c4c3sc3c([2H])c([2H])c([2H])c(-c5c([2H])c(-c6c([2H])c([2H])c7sc8c([2H])c([2H])c([2H])c([2H])c8c7c6[2H])c([2H])c6sc7c([2H])c([2H])c([2H])c([2H])c7c56)c34)n2)c([2H])c1[2H]. The quantitative estimate of drug-likeness (QED) is 0.174. The van der Waals surface area contributed by atoms with Crippen LogP contribution in [0.5, 0.6) is 0 Å². The molecule has 57 heavy (non-hydrogen) atoms. The van der Waals surface area contributed by atoms with E-state index in [0.29, 0.717) is 34.0 Å². The summed E-state index contributed by atoms with van der Waals surface area (Å²) in [5.74, 6) is -2.26. The first-order valence-corrected chi connectivity index (χ1v) is 19.0. The van der Waals surface area contributed by atoms with Crippen LogP contribution in [-0.4, -0.2) is 15.0 Å². The van der Waals surface area contributed by atoms with E-state index in [0.717, 1.165) is 0 Å². The summed E-state index contributed by atoms with van der Waals surface area (Å²) in [6.07, 6.45) is 0. The van der Waals surface area contributed by atoms with Gasteiger partial charge >= 0.3 is 0 Å². The fourth-order valence-electron chi connectivity index (χ4n) is 6.48. The van der Waals surface area contributed by atoms with E-state index in [1.807, 2.05) is 0 Å². The first-order chi connectivity index (χ1) is 40.3. The van der Waals surface area contributed by atoms with Crippen molar-refractivity contribution in [3.8, 4) is 56.4 Å². The van der Waals surface area contributed by atoms with Crippen molar-refractivity contribution >= 4 is 94.5 Å². The average molecular weight is 809 g/mol. The van der Waals surface area contributed by atoms with Crippen molar-refractivity contribution in [3.63, 3.8) is 0 Å². The van der Waals surface area contributed by atoms with Crippen LogP contribution < -0.4 is 0 Å². The Kier molecular flexibility index (Phi) is 3.44. The smallest absolute Gasteiger partial charge is 0.165 e. The lowest BCUT2D eigenvalue weighted by Crippen LogP contribution is -2.00. The summed E-state index contributed by atoms with van der Waals surface area (Å²) in [6, 6.07) is -22.5. The number of benzene rings is 8. The minimum atomic E-state index is -0.927. The Morgan fingerprint density at radius 3 is 1.65 bits per heavy atom. The molecule has 0 saturated heterocycles. The molecule has 0 bridgehead atoms. The number of nitrogens with zero attached hydrogens (tertiary/aromatic N) is 3. The maximum atomic E-state index is 10.3. The Morgan fingerprint density at radius 1 is 0.316 bits per heavy atom. The van der Waals surface area contributed by atoms with E-state index in [1.54, 1.807) is 0 Å². The van der Waals surface area contributed by atoms with Crippen LogP contribution in [0.3, 0.4) is 0 Å². The van der Waals surface area contributed by atoms with E-state index in [9.17, 15) is 16.4 Å². The van der Waals surface area contributed by atoms with Crippen molar-refractivity contribution < 1.29 is 39.8 Å². The molecule has 0 aliphatic heterocycles. The van der Waals surface area contributed by atoms with Gasteiger partial charge in [0.1, 0.15) is 0 Å². The second kappa shape index (κ2) is 13.0. The second-order valence-electron chi connectivity index (χ2n) is 12.1. The van der Waals surface area contributed by atoms with Crippen LogP contribution in [0.1, 0.15) is 39.8 Å². The molecule has 0 amide bonds. The lowest BCUT2D eigenvalue weighted by molar-refractivity contribution is 1.08. The zero-order valence-electron chi connectivity index (χ0n) is 57.1. The fourth-order valence-corrected chi connectivity index (χ4v) is 9.53. The maximum Gasteiger partial charge on any atom is 0.165 e. The molecule has 0 aliphatic carbocycles. The Morgan fingerprint density at radius 2 is 0.877 bits per heavy atom. The van der Waals surface area contributed by atoms with Crippen LogP contribution in [0.4, 0.5) is 0 Å². The zero-order chi connectivity index (χ0) is 62.7. The minimum absolute atomic E-state index is 0.0716. The normalized spacial score (nSPS) is 19.0. The summed E-state index contributed by atoms with van der Waals surface area (Å²) in [7, 11) is 0. The molecule has 0 radical (unpaired) electrons. The van der Waals surface area contributed by atoms with Crippen molar-refractivity contribution in [1.82, 2.24) is 15.0 Å². The number of hydrogen-bond acceptors (Lipinski definition) is 6. The van der Waals surface area contributed by atoms with Gasteiger partial charge in [-0.2, -0.15) is 0 Å². The lowest BCUT2D eigenvalue weighted by atomic mass is 9.91. The van der Waals surface area contributed by atoms with Crippen LogP contribution in [0.2, 0.25) is 0 Å². The predicted molar refractivity (Wildman–Crippen MR) is 246 cm³/mol. The molecule has 0 atom stereocenters. The number of thiophene rings is 3. The van der Waals surface area contributed by atoms with Crippen LogP contribution in [0, 0.1) is 0 Å². The van der Waals surface area contributed by atoms with Gasteiger partial charge in [-0.05, 0) is 70.6 Å². The van der Waals surface area contributed by atoms with E-state index >= 15 is 0 Å². The van der Waals surface area contributed by atoms with Gasteiger partial charge in [0.15, 0.2) is 17.5 Å². The van der Waals surface area contributed by atoms with Crippen LogP contribution in [0.15, 0.2) is 175 Å². The predicted octanol–water partition coefficient (Wildman–Crippen LogP) is 15.3. The zero-order valence-corrected chi connectivity index (χ0v) is 30.5. The van der Waals surface area contributed by atoms with Gasteiger partial charge < -0.3 is 0 Å². The van der Waals surface area contributed by atoms with Crippen LogP contribution >= 0.6 is 34.0 Å². The third-order valence-electron chi connectivity index (χ3n) is 8.89. The maximum absolute atomic E-state index is 10.3. The molecule has 12 aromatic rings. The molecule has 266 valence electrons. The third kappa shape index (κ3) is 5.33. The van der Waals surface area contributed by atoms with Gasteiger partial charge in [-0.1, -0.05) is 127 Å². The topological polar surface area (TPSA) is 38.7 Å². The van der Waals surface area contributed by atoms with Gasteiger partial charge in [-0.15, -0.1) is 34.0 Å². The monoisotopic (exact) mass is 808 g/mol. The number of aromatic nitrogens is 3. The Hall–Kier alpha value is -6.57. The molecule has 3 nitrogen and oxygen atoms in total. The largest absolute Gasteiger partial charge is 0.208 e. The first-order valence-electron chi connectivity index (χ1n) is 31.1. The van der Waals surface area contributed by atoms with E-state index in [2.05, 4.69) is 15.0 Å². The van der Waals surface area contributed by atoms with Crippen molar-refractivity contribution in [2.24, 2.45) is 0 Å². The Labute approximate surface area is 380 Å². The molecular formula is C51H29N3S3. The molecule has 6 heteroatoms. The molecule has 8 aromatic carbocycles. The highest BCUT2D eigenvalue weighted by Crippen LogP contribution is 2.49. The molecular weight excluding hydrogens is 751 g/mol. The summed E-state index contributed by atoms with van der Waals surface area (Å²) in [6.45, 7) is 0. The van der Waals surface area contributed by atoms with Crippen LogP contribution in [-0.2, 0) is 0 Å². The van der Waals surface area contributed by atoms with Gasteiger partial charge in [0.25, 0.3) is 0 Å². The third-order valence-corrected chi connectivity index (χ3v) is 12.1. The van der Waals surface area contributed by atoms with Gasteiger partial charge in [0.05, 0.1) is 39.8 Å². The highest BCUT2D eigenvalue weighted by Gasteiger charge is 2.21. The molecule has 0 N–H and O–H groups in total. The standard InChI is InChI=1S/C51H29N3S3/c1-3-13-30(14-4-1)49-52-50(31-15-5-2-6-16-31)54-51(53-49)38-21-11-20-37-46-35(19-12-24-44(46)57-48(37)38)40-28-33(29-45-47(40)36-18-8-10-23-42(36)56-45)32-25-26-43-39(27-32)34-17-7-9-22-41(34)55-43/h1-29H/i1D,2D,3D,4D,5D,6D,7D,8D,9D,10D,11D,12D,13D,14D,15D,16D,17D,18D,19D,20D,21D,22D,23D,24D,25D,26D,27D,28D,29D. The number of fused-ring (bicyclic) bond motifs is 9. The van der Waals surface area contributed by atoms with Crippen molar-refractivity contribution in [3.05, 3.63) is 175 Å². The summed E-state index contributed by atoms with van der Waals surface area (Å²) < 4.78 is 260. The van der Waals surface area contributed by atoms with Crippen LogP contribution in [0.25, 0.3) is 117 Å². The van der Waals surface area contributed by atoms with Gasteiger partial charge in [-0.25, -0.2) is 15.0 Å². The Balaban J connectivity index is 1.29. The highest BCUT2D eigenvalue weighted by atomic mass is 32.1. The summed E-state index contributed by atoms with van der Waals surface area (Å²) >= 11 is 1.90. The van der Waals surface area contributed by atoms with Gasteiger partial charge in [-0.3, -0.25) is 0 Å². The molecule has 0 spiro atoms. The summed E-state index contributed by atoms with van der Waals surface area (Å²) in [5, 5.41) is -1.88. The van der Waals surface area contributed by atoms with Gasteiger partial charge in [0.2, 0.25) is 0 Å². The van der Waals surface area contributed by atoms with E-state index in [-0.39, 0.29) is 55.1 Å². The highest BCUT2D eigenvalue weighted by molar-refractivity contribution is 7.27. The van der Waals surface area contributed by atoms with Crippen molar-refractivity contribution in [1.29, 1.82) is 0 Å². The van der Waals surface area contributed by atoms with E-state index in [4.69, 9.17) is 23.3 Å². The number of hydrogen-bond donors (Lipinski definition) is 0. The molecule has 0 saturated carbocycles. The summed E-state index contributed by atoms with van der Waals surface area (Å²) in [5.41, 5.74) is -4.25. The van der Waals surface area contributed by atoms with Crippen molar-refractivity contribution in [2.75, 3.05) is 0 Å². The molecule has 12 rings (SSSR count). The first kappa shape index (κ1) is 15.1. The summed E-state index contributed by atoms with van der Waals surface area (Å²) in [4.78, 5) is 13.2. The molecule has 0 aliphatic rings. The molecule has 0 fully saturated rings. The van der Waals surface area contributed by atoms with E-state index < -0.39 is 237 Å².